The van der Waals surface area contributed by atoms with Gasteiger partial charge in [0.05, 0.1) is 12.8 Å². The predicted molar refractivity (Wildman–Crippen MR) is 81.5 cm³/mol. The molecule has 22 heavy (non-hydrogen) atoms. The van der Waals surface area contributed by atoms with Gasteiger partial charge in [-0.1, -0.05) is 28.1 Å². The van der Waals surface area contributed by atoms with Crippen molar-refractivity contribution in [3.8, 4) is 11.4 Å². The summed E-state index contributed by atoms with van der Waals surface area (Å²) in [6.45, 7) is 0.329. The van der Waals surface area contributed by atoms with Crippen LogP contribution in [0.5, 0.6) is 0 Å². The molecule has 3 rings (SSSR count). The number of nitrogens with one attached hydrogen (secondary N) is 1. The van der Waals surface area contributed by atoms with Gasteiger partial charge in [0.2, 0.25) is 11.7 Å². The predicted octanol–water partition coefficient (Wildman–Crippen LogP) is 2.01. The number of halogens is 1. The van der Waals surface area contributed by atoms with Crippen LogP contribution < -0.4 is 5.32 Å². The fraction of sp³-hybridized carbons (Fsp3) is 0.143. The van der Waals surface area contributed by atoms with Crippen LogP contribution in [0.15, 0.2) is 51.6 Å². The molecule has 0 bridgehead atoms. The molecule has 1 aromatic carbocycles. The van der Waals surface area contributed by atoms with E-state index in [-0.39, 0.29) is 12.5 Å². The van der Waals surface area contributed by atoms with Crippen LogP contribution in [0.2, 0.25) is 0 Å². The monoisotopic (exact) mass is 361 g/mol. The minimum absolute atomic E-state index is 0.00182. The number of rotatable bonds is 5. The average Bonchev–Trinajstić information content (AvgIpc) is 3.17. The molecule has 0 unspecified atom stereocenters. The maximum atomic E-state index is 11.8. The number of nitrogens with zero attached hydrogens (tertiary/aromatic N) is 4. The second-order valence-electron chi connectivity index (χ2n) is 4.48. The van der Waals surface area contributed by atoms with Gasteiger partial charge in [0.1, 0.15) is 12.3 Å². The smallest absolute Gasteiger partial charge is 0.244 e. The summed E-state index contributed by atoms with van der Waals surface area (Å²) in [6, 6.07) is 11.1. The molecule has 2 heterocycles. The third kappa shape index (κ3) is 3.40. The van der Waals surface area contributed by atoms with Crippen LogP contribution in [-0.4, -0.2) is 26.1 Å². The van der Waals surface area contributed by atoms with Crippen molar-refractivity contribution in [1.29, 1.82) is 0 Å². The van der Waals surface area contributed by atoms with Crippen molar-refractivity contribution in [2.24, 2.45) is 0 Å². The minimum Gasteiger partial charge on any atom is -0.467 e. The maximum absolute atomic E-state index is 11.8. The van der Waals surface area contributed by atoms with E-state index >= 15 is 0 Å². The number of carbonyl (C=O) groups is 1. The first kappa shape index (κ1) is 14.5. The van der Waals surface area contributed by atoms with Gasteiger partial charge >= 0.3 is 0 Å². The van der Waals surface area contributed by atoms with Gasteiger partial charge in [-0.25, -0.2) is 0 Å². The molecule has 0 radical (unpaired) electrons. The second kappa shape index (κ2) is 6.52. The third-order valence-corrected chi connectivity index (χ3v) is 3.58. The molecule has 8 heteroatoms. The standard InChI is InChI=1S/C14H12BrN5O2/c15-12-6-2-1-5-11(12)14-17-19-20(18-14)9-13(21)16-8-10-4-3-7-22-10/h1-7H,8-9H2,(H,16,21). The highest BCUT2D eigenvalue weighted by atomic mass is 79.9. The highest BCUT2D eigenvalue weighted by Gasteiger charge is 2.11. The number of tetrazole rings is 1. The van der Waals surface area contributed by atoms with Gasteiger partial charge in [-0.15, -0.1) is 10.2 Å². The highest BCUT2D eigenvalue weighted by Crippen LogP contribution is 2.24. The van der Waals surface area contributed by atoms with E-state index in [1.807, 2.05) is 24.3 Å². The summed E-state index contributed by atoms with van der Waals surface area (Å²) in [5.41, 5.74) is 0.824. The Bertz CT molecular complexity index is 769. The molecular weight excluding hydrogens is 350 g/mol. The summed E-state index contributed by atoms with van der Waals surface area (Å²) >= 11 is 3.43. The Morgan fingerprint density at radius 3 is 2.91 bits per heavy atom. The normalized spacial score (nSPS) is 10.6. The second-order valence-corrected chi connectivity index (χ2v) is 5.33. The highest BCUT2D eigenvalue weighted by molar-refractivity contribution is 9.10. The van der Waals surface area contributed by atoms with Crippen molar-refractivity contribution >= 4 is 21.8 Å². The van der Waals surface area contributed by atoms with E-state index in [4.69, 9.17) is 4.42 Å². The molecule has 0 fully saturated rings. The number of amides is 1. The first-order valence-electron chi connectivity index (χ1n) is 6.54. The SMILES string of the molecule is O=C(Cn1nnc(-c2ccccc2Br)n1)NCc1ccco1. The van der Waals surface area contributed by atoms with Crippen LogP contribution in [0.25, 0.3) is 11.4 Å². The Morgan fingerprint density at radius 2 is 2.14 bits per heavy atom. The van der Waals surface area contributed by atoms with E-state index in [0.717, 1.165) is 10.0 Å². The maximum Gasteiger partial charge on any atom is 0.244 e. The Kier molecular flexibility index (Phi) is 4.29. The van der Waals surface area contributed by atoms with Gasteiger partial charge in [0.15, 0.2) is 0 Å². The largest absolute Gasteiger partial charge is 0.467 e. The van der Waals surface area contributed by atoms with Gasteiger partial charge in [0, 0.05) is 10.0 Å². The molecule has 112 valence electrons. The number of aromatic nitrogens is 4. The number of carbonyl (C=O) groups excluding carboxylic acids is 1. The van der Waals surface area contributed by atoms with E-state index in [0.29, 0.717) is 18.1 Å². The van der Waals surface area contributed by atoms with Crippen LogP contribution in [0.3, 0.4) is 0 Å². The van der Waals surface area contributed by atoms with Crippen LogP contribution in [0.1, 0.15) is 5.76 Å². The van der Waals surface area contributed by atoms with Crippen LogP contribution in [0, 0.1) is 0 Å². The van der Waals surface area contributed by atoms with Crippen molar-refractivity contribution in [2.45, 2.75) is 13.1 Å². The first-order valence-corrected chi connectivity index (χ1v) is 7.33. The average molecular weight is 362 g/mol. The van der Waals surface area contributed by atoms with E-state index < -0.39 is 0 Å². The molecule has 0 saturated carbocycles. The Balaban J connectivity index is 1.62. The minimum atomic E-state index is -0.215. The number of benzene rings is 1. The Labute approximate surface area is 134 Å². The molecule has 0 atom stereocenters. The van der Waals surface area contributed by atoms with Gasteiger partial charge < -0.3 is 9.73 Å². The Morgan fingerprint density at radius 1 is 1.27 bits per heavy atom. The van der Waals surface area contributed by atoms with E-state index in [1.165, 1.54) is 4.80 Å². The molecule has 0 aliphatic carbocycles. The summed E-state index contributed by atoms with van der Waals surface area (Å²) in [6.07, 6.45) is 1.56. The van der Waals surface area contributed by atoms with Gasteiger partial charge in [-0.2, -0.15) is 4.80 Å². The van der Waals surface area contributed by atoms with Crippen LogP contribution >= 0.6 is 15.9 Å². The number of hydrogen-bond acceptors (Lipinski definition) is 5. The molecule has 0 aliphatic rings. The number of furan rings is 1. The zero-order chi connectivity index (χ0) is 15.4. The molecule has 3 aromatic rings. The molecule has 7 nitrogen and oxygen atoms in total. The van der Waals surface area contributed by atoms with Gasteiger partial charge in [-0.3, -0.25) is 4.79 Å². The lowest BCUT2D eigenvalue weighted by Gasteiger charge is -2.01. The lowest BCUT2D eigenvalue weighted by molar-refractivity contribution is -0.122. The summed E-state index contributed by atoms with van der Waals surface area (Å²) in [5.74, 6) is 0.938. The van der Waals surface area contributed by atoms with Crippen molar-refractivity contribution in [3.63, 3.8) is 0 Å². The van der Waals surface area contributed by atoms with Crippen LogP contribution in [0.4, 0.5) is 0 Å². The van der Waals surface area contributed by atoms with Gasteiger partial charge in [-0.05, 0) is 29.5 Å². The van der Waals surface area contributed by atoms with Gasteiger partial charge in [0.25, 0.3) is 0 Å². The van der Waals surface area contributed by atoms with Crippen molar-refractivity contribution in [3.05, 3.63) is 52.9 Å². The third-order valence-electron chi connectivity index (χ3n) is 2.89. The fourth-order valence-electron chi connectivity index (χ4n) is 1.84. The summed E-state index contributed by atoms with van der Waals surface area (Å²) < 4.78 is 6.01. The quantitative estimate of drug-likeness (QED) is 0.751. The number of hydrogen-bond donors (Lipinski definition) is 1. The molecule has 0 aliphatic heterocycles. The summed E-state index contributed by atoms with van der Waals surface area (Å²) in [4.78, 5) is 13.1. The molecule has 1 N–H and O–H groups in total. The first-order chi connectivity index (χ1) is 10.7. The molecule has 0 spiro atoms. The van der Waals surface area contributed by atoms with E-state index in [2.05, 4.69) is 36.7 Å². The van der Waals surface area contributed by atoms with Crippen molar-refractivity contribution < 1.29 is 9.21 Å². The lowest BCUT2D eigenvalue weighted by atomic mass is 10.2. The lowest BCUT2D eigenvalue weighted by Crippen LogP contribution is -2.27. The zero-order valence-corrected chi connectivity index (χ0v) is 13.0. The van der Waals surface area contributed by atoms with Crippen molar-refractivity contribution in [1.82, 2.24) is 25.5 Å². The molecular formula is C14H12BrN5O2. The summed E-state index contributed by atoms with van der Waals surface area (Å²) in [7, 11) is 0. The molecule has 1 amide bonds. The summed E-state index contributed by atoms with van der Waals surface area (Å²) in [5, 5.41) is 14.8. The zero-order valence-electron chi connectivity index (χ0n) is 11.4. The topological polar surface area (TPSA) is 85.8 Å². The molecule has 0 saturated heterocycles. The Hall–Kier alpha value is -2.48. The van der Waals surface area contributed by atoms with Crippen LogP contribution in [-0.2, 0) is 17.9 Å². The molecule has 2 aromatic heterocycles. The van der Waals surface area contributed by atoms with E-state index in [1.54, 1.807) is 18.4 Å². The van der Waals surface area contributed by atoms with E-state index in [9.17, 15) is 4.79 Å². The van der Waals surface area contributed by atoms with Crippen molar-refractivity contribution in [2.75, 3.05) is 0 Å². The fourth-order valence-corrected chi connectivity index (χ4v) is 2.31.